The molecule has 1 unspecified atom stereocenters. The number of benzene rings is 2. The molecule has 0 heterocycles. The van der Waals surface area contributed by atoms with Gasteiger partial charge in [0.2, 0.25) is 0 Å². The van der Waals surface area contributed by atoms with Crippen molar-refractivity contribution in [1.82, 2.24) is 0 Å². The molecule has 0 saturated heterocycles. The minimum atomic E-state index is 0.124. The van der Waals surface area contributed by atoms with Gasteiger partial charge in [-0.05, 0) is 42.3 Å². The summed E-state index contributed by atoms with van der Waals surface area (Å²) in [4.78, 5) is 0.124. The van der Waals surface area contributed by atoms with E-state index >= 15 is 0 Å². The van der Waals surface area contributed by atoms with Crippen LogP contribution in [0, 0.1) is 0 Å². The fraction of sp³-hybridized carbons (Fsp3) is 0.250. The zero-order valence-electron chi connectivity index (χ0n) is 11.4. The monoisotopic (exact) mass is 398 g/mol. The maximum Gasteiger partial charge on any atom is 0.120 e. The summed E-state index contributed by atoms with van der Waals surface area (Å²) in [5.74, 6) is 1.73. The molecule has 2 aromatic carbocycles. The van der Waals surface area contributed by atoms with E-state index in [-0.39, 0.29) is 4.83 Å². The van der Waals surface area contributed by atoms with Crippen molar-refractivity contribution in [3.05, 3.63) is 58.1 Å². The van der Waals surface area contributed by atoms with E-state index < -0.39 is 0 Å². The lowest BCUT2D eigenvalue weighted by atomic mass is 10.0. The average Bonchev–Trinajstić information content (AvgIpc) is 2.47. The largest absolute Gasteiger partial charge is 0.497 e. The smallest absolute Gasteiger partial charge is 0.120 e. The molecule has 0 spiro atoms. The highest BCUT2D eigenvalue weighted by molar-refractivity contribution is 9.11. The average molecular weight is 400 g/mol. The summed E-state index contributed by atoms with van der Waals surface area (Å²) in [6.07, 6.45) is 0. The van der Waals surface area contributed by atoms with Crippen LogP contribution in [0.5, 0.6) is 11.5 Å². The summed E-state index contributed by atoms with van der Waals surface area (Å²) < 4.78 is 11.7. The van der Waals surface area contributed by atoms with E-state index in [9.17, 15) is 0 Å². The van der Waals surface area contributed by atoms with Crippen LogP contribution in [0.1, 0.15) is 22.9 Å². The van der Waals surface area contributed by atoms with Crippen LogP contribution in [0.2, 0.25) is 0 Å². The third-order valence-corrected chi connectivity index (χ3v) is 4.67. The van der Waals surface area contributed by atoms with Crippen LogP contribution in [0.4, 0.5) is 0 Å². The van der Waals surface area contributed by atoms with Crippen molar-refractivity contribution in [1.29, 1.82) is 0 Å². The van der Waals surface area contributed by atoms with E-state index in [0.29, 0.717) is 6.61 Å². The summed E-state index contributed by atoms with van der Waals surface area (Å²) in [5, 5.41) is 0. The second kappa shape index (κ2) is 7.14. The highest BCUT2D eigenvalue weighted by Crippen LogP contribution is 2.37. The zero-order valence-corrected chi connectivity index (χ0v) is 14.6. The maximum absolute atomic E-state index is 5.50. The molecule has 20 heavy (non-hydrogen) atoms. The minimum absolute atomic E-state index is 0.124. The molecule has 106 valence electrons. The molecular weight excluding hydrogens is 384 g/mol. The fourth-order valence-corrected chi connectivity index (χ4v) is 3.52. The van der Waals surface area contributed by atoms with Crippen LogP contribution >= 0.6 is 31.9 Å². The van der Waals surface area contributed by atoms with E-state index in [0.717, 1.165) is 16.0 Å². The van der Waals surface area contributed by atoms with Crippen molar-refractivity contribution in [3.63, 3.8) is 0 Å². The number of rotatable bonds is 5. The van der Waals surface area contributed by atoms with Gasteiger partial charge < -0.3 is 9.47 Å². The first-order valence-corrected chi connectivity index (χ1v) is 8.06. The van der Waals surface area contributed by atoms with Gasteiger partial charge in [-0.1, -0.05) is 50.1 Å². The second-order valence-electron chi connectivity index (χ2n) is 4.25. The normalized spacial score (nSPS) is 12.0. The summed E-state index contributed by atoms with van der Waals surface area (Å²) in [7, 11) is 1.67. The Bertz CT molecular complexity index is 567. The topological polar surface area (TPSA) is 18.5 Å². The highest BCUT2D eigenvalue weighted by Gasteiger charge is 2.14. The molecule has 0 aliphatic carbocycles. The van der Waals surface area contributed by atoms with E-state index in [4.69, 9.17) is 9.47 Å². The van der Waals surface area contributed by atoms with E-state index in [1.54, 1.807) is 7.11 Å². The Morgan fingerprint density at radius 2 is 1.70 bits per heavy atom. The van der Waals surface area contributed by atoms with Crippen molar-refractivity contribution in [3.8, 4) is 11.5 Å². The van der Waals surface area contributed by atoms with Crippen LogP contribution in [-0.2, 0) is 0 Å². The standard InChI is InChI=1S/C16H16Br2O2/c1-3-20-13-8-9-14(15(17)10-13)16(18)11-4-6-12(19-2)7-5-11/h4-10,16H,3H2,1-2H3. The SMILES string of the molecule is CCOc1ccc(C(Br)c2ccc(OC)cc2)c(Br)c1. The maximum atomic E-state index is 5.50. The summed E-state index contributed by atoms with van der Waals surface area (Å²) >= 11 is 7.35. The lowest BCUT2D eigenvalue weighted by molar-refractivity contribution is 0.340. The third-order valence-electron chi connectivity index (χ3n) is 2.96. The van der Waals surface area contributed by atoms with Gasteiger partial charge >= 0.3 is 0 Å². The number of methoxy groups -OCH3 is 1. The van der Waals surface area contributed by atoms with Gasteiger partial charge in [-0.15, -0.1) is 0 Å². The molecule has 0 radical (unpaired) electrons. The first-order valence-electron chi connectivity index (χ1n) is 6.36. The van der Waals surface area contributed by atoms with Gasteiger partial charge in [0, 0.05) is 4.47 Å². The molecule has 2 aromatic rings. The fourth-order valence-electron chi connectivity index (χ4n) is 1.92. The van der Waals surface area contributed by atoms with Crippen LogP contribution in [0.3, 0.4) is 0 Å². The molecule has 4 heteroatoms. The van der Waals surface area contributed by atoms with Gasteiger partial charge in [0.1, 0.15) is 11.5 Å². The Kier molecular flexibility index (Phi) is 5.49. The predicted octanol–water partition coefficient (Wildman–Crippen LogP) is 5.34. The molecule has 0 aromatic heterocycles. The van der Waals surface area contributed by atoms with Crippen LogP contribution in [-0.4, -0.2) is 13.7 Å². The van der Waals surface area contributed by atoms with E-state index in [1.165, 1.54) is 11.1 Å². The second-order valence-corrected chi connectivity index (χ2v) is 6.02. The van der Waals surface area contributed by atoms with Gasteiger partial charge in [0.25, 0.3) is 0 Å². The number of alkyl halides is 1. The van der Waals surface area contributed by atoms with Crippen molar-refractivity contribution in [2.75, 3.05) is 13.7 Å². The van der Waals surface area contributed by atoms with Crippen molar-refractivity contribution >= 4 is 31.9 Å². The number of halogens is 2. The molecule has 0 aliphatic rings. The molecule has 0 fully saturated rings. The molecule has 0 N–H and O–H groups in total. The number of hydrogen-bond donors (Lipinski definition) is 0. The molecule has 2 nitrogen and oxygen atoms in total. The van der Waals surface area contributed by atoms with Crippen LogP contribution < -0.4 is 9.47 Å². The summed E-state index contributed by atoms with van der Waals surface area (Å²) in [5.41, 5.74) is 2.34. The van der Waals surface area contributed by atoms with Crippen molar-refractivity contribution in [2.24, 2.45) is 0 Å². The lowest BCUT2D eigenvalue weighted by Gasteiger charge is -2.14. The number of hydrogen-bond acceptors (Lipinski definition) is 2. The minimum Gasteiger partial charge on any atom is -0.497 e. The Hall–Kier alpha value is -1.00. The molecule has 0 saturated carbocycles. The Balaban J connectivity index is 2.25. The Labute approximate surface area is 136 Å². The van der Waals surface area contributed by atoms with Gasteiger partial charge in [-0.25, -0.2) is 0 Å². The molecule has 0 aliphatic heterocycles. The van der Waals surface area contributed by atoms with Gasteiger partial charge in [0.15, 0.2) is 0 Å². The van der Waals surface area contributed by atoms with E-state index in [2.05, 4.69) is 50.1 Å². The van der Waals surface area contributed by atoms with Crippen LogP contribution in [0.25, 0.3) is 0 Å². The third kappa shape index (κ3) is 3.55. The van der Waals surface area contributed by atoms with Gasteiger partial charge in [-0.2, -0.15) is 0 Å². The molecule has 2 rings (SSSR count). The lowest BCUT2D eigenvalue weighted by Crippen LogP contribution is -1.96. The Morgan fingerprint density at radius 3 is 2.25 bits per heavy atom. The first-order chi connectivity index (χ1) is 9.65. The Morgan fingerprint density at radius 1 is 1.05 bits per heavy atom. The highest BCUT2D eigenvalue weighted by atomic mass is 79.9. The molecule has 0 bridgehead atoms. The quantitative estimate of drug-likeness (QED) is 0.631. The summed E-state index contributed by atoms with van der Waals surface area (Å²) in [6, 6.07) is 14.1. The van der Waals surface area contributed by atoms with Crippen molar-refractivity contribution < 1.29 is 9.47 Å². The van der Waals surface area contributed by atoms with Gasteiger partial charge in [-0.3, -0.25) is 0 Å². The summed E-state index contributed by atoms with van der Waals surface area (Å²) in [6.45, 7) is 2.65. The zero-order chi connectivity index (χ0) is 14.5. The molecule has 0 amide bonds. The van der Waals surface area contributed by atoms with Crippen molar-refractivity contribution in [2.45, 2.75) is 11.8 Å². The van der Waals surface area contributed by atoms with Crippen LogP contribution in [0.15, 0.2) is 46.9 Å². The molecular formula is C16H16Br2O2. The number of ether oxygens (including phenoxy) is 2. The molecule has 1 atom stereocenters. The predicted molar refractivity (Wildman–Crippen MR) is 89.1 cm³/mol. The van der Waals surface area contributed by atoms with E-state index in [1.807, 2.05) is 31.2 Å². The van der Waals surface area contributed by atoms with Gasteiger partial charge in [0.05, 0.1) is 18.5 Å². The first kappa shape index (κ1) is 15.4.